The lowest BCUT2D eigenvalue weighted by atomic mass is 10.1. The first-order chi connectivity index (χ1) is 13.3. The first-order valence-corrected chi connectivity index (χ1v) is 9.25. The number of hydrogen-bond donors (Lipinski definition) is 0. The van der Waals surface area contributed by atoms with Crippen LogP contribution >= 0.6 is 11.3 Å². The molecule has 2 aromatic rings. The number of anilines is 1. The molecule has 1 aliphatic rings. The van der Waals surface area contributed by atoms with Crippen LogP contribution in [0.15, 0.2) is 41.8 Å². The molecule has 10 heteroatoms. The van der Waals surface area contributed by atoms with Gasteiger partial charge in [-0.3, -0.25) is 14.9 Å². The van der Waals surface area contributed by atoms with Crippen molar-refractivity contribution in [3.05, 3.63) is 62.3 Å². The fourth-order valence-corrected chi connectivity index (χ4v) is 3.54. The number of piperazine rings is 1. The monoisotopic (exact) mass is 411 g/mol. The Morgan fingerprint density at radius 2 is 1.89 bits per heavy atom. The van der Waals surface area contributed by atoms with Gasteiger partial charge in [0, 0.05) is 43.2 Å². The summed E-state index contributed by atoms with van der Waals surface area (Å²) in [6, 6.07) is 6.27. The lowest BCUT2D eigenvalue weighted by Gasteiger charge is -2.35. The number of nitro groups is 1. The summed E-state index contributed by atoms with van der Waals surface area (Å²) in [5, 5.41) is 13.2. The Bertz CT molecular complexity index is 889. The third kappa shape index (κ3) is 4.50. The molecule has 6 nitrogen and oxygen atoms in total. The van der Waals surface area contributed by atoms with Crippen LogP contribution in [0.3, 0.4) is 0 Å². The summed E-state index contributed by atoms with van der Waals surface area (Å²) >= 11 is 1.51. The predicted octanol–water partition coefficient (Wildman–Crippen LogP) is 4.04. The average Bonchev–Trinajstić information content (AvgIpc) is 3.18. The van der Waals surface area contributed by atoms with Crippen molar-refractivity contribution < 1.29 is 22.9 Å². The zero-order chi connectivity index (χ0) is 20.3. The fourth-order valence-electron chi connectivity index (χ4n) is 2.93. The van der Waals surface area contributed by atoms with E-state index in [9.17, 15) is 28.1 Å². The SMILES string of the molecule is O=C(C=Cc1cccs1)N1CCN(c2ccc(C(F)(F)F)cc2[N+](=O)[O-])CC1. The standard InChI is InChI=1S/C18H16F3N3O3S/c19-18(20,21)13-3-5-15(16(12-13)24(26)27)22-7-9-23(10-8-22)17(25)6-4-14-2-1-11-28-14/h1-6,11-12H,7-10H2. The van der Waals surface area contributed by atoms with Crippen molar-refractivity contribution in [2.24, 2.45) is 0 Å². The van der Waals surface area contributed by atoms with Gasteiger partial charge < -0.3 is 9.80 Å². The van der Waals surface area contributed by atoms with Gasteiger partial charge in [-0.2, -0.15) is 13.2 Å². The van der Waals surface area contributed by atoms with Gasteiger partial charge in [-0.15, -0.1) is 11.3 Å². The van der Waals surface area contributed by atoms with Crippen molar-refractivity contribution in [1.29, 1.82) is 0 Å². The quantitative estimate of drug-likeness (QED) is 0.433. The van der Waals surface area contributed by atoms with Gasteiger partial charge in [0.1, 0.15) is 5.69 Å². The molecule has 0 aliphatic carbocycles. The molecular weight excluding hydrogens is 395 g/mol. The Hall–Kier alpha value is -2.88. The minimum Gasteiger partial charge on any atom is -0.362 e. The number of halogens is 3. The van der Waals surface area contributed by atoms with Crippen LogP contribution in [0.5, 0.6) is 0 Å². The molecule has 1 saturated heterocycles. The van der Waals surface area contributed by atoms with Gasteiger partial charge in [0.05, 0.1) is 10.5 Å². The van der Waals surface area contributed by atoms with E-state index >= 15 is 0 Å². The van der Waals surface area contributed by atoms with Crippen LogP contribution in [0, 0.1) is 10.1 Å². The summed E-state index contributed by atoms with van der Waals surface area (Å²) in [5.74, 6) is -0.171. The van der Waals surface area contributed by atoms with Crippen LogP contribution in [0.4, 0.5) is 24.5 Å². The summed E-state index contributed by atoms with van der Waals surface area (Å²) in [6.45, 7) is 1.24. The number of nitro benzene ring substituents is 1. The lowest BCUT2D eigenvalue weighted by Crippen LogP contribution is -2.48. The molecule has 148 valence electrons. The largest absolute Gasteiger partial charge is 0.416 e. The molecule has 28 heavy (non-hydrogen) atoms. The highest BCUT2D eigenvalue weighted by molar-refractivity contribution is 7.10. The second-order valence-electron chi connectivity index (χ2n) is 6.12. The number of hydrogen-bond acceptors (Lipinski definition) is 5. The van der Waals surface area contributed by atoms with E-state index < -0.39 is 22.4 Å². The van der Waals surface area contributed by atoms with Crippen molar-refractivity contribution in [1.82, 2.24) is 4.90 Å². The number of carbonyl (C=O) groups is 1. The second-order valence-corrected chi connectivity index (χ2v) is 7.10. The number of amides is 1. The second kappa shape index (κ2) is 8.01. The molecule has 0 N–H and O–H groups in total. The first-order valence-electron chi connectivity index (χ1n) is 8.37. The summed E-state index contributed by atoms with van der Waals surface area (Å²) in [6.07, 6.45) is -1.45. The molecule has 1 aromatic carbocycles. The van der Waals surface area contributed by atoms with E-state index in [1.807, 2.05) is 17.5 Å². The number of rotatable bonds is 4. The maximum Gasteiger partial charge on any atom is 0.416 e. The number of alkyl halides is 3. The van der Waals surface area contributed by atoms with E-state index in [0.29, 0.717) is 32.2 Å². The molecule has 0 radical (unpaired) electrons. The number of nitrogens with zero attached hydrogens (tertiary/aromatic N) is 3. The van der Waals surface area contributed by atoms with Crippen LogP contribution in [-0.4, -0.2) is 41.9 Å². The Kier molecular flexibility index (Phi) is 5.68. The molecule has 0 unspecified atom stereocenters. The van der Waals surface area contributed by atoms with E-state index in [1.54, 1.807) is 15.9 Å². The Morgan fingerprint density at radius 1 is 1.18 bits per heavy atom. The first kappa shape index (κ1) is 19.9. The van der Waals surface area contributed by atoms with Crippen molar-refractivity contribution in [2.45, 2.75) is 6.18 Å². The molecule has 0 saturated carbocycles. The van der Waals surface area contributed by atoms with Crippen molar-refractivity contribution in [2.75, 3.05) is 31.1 Å². The highest BCUT2D eigenvalue weighted by Crippen LogP contribution is 2.36. The molecular formula is C18H16F3N3O3S. The average molecular weight is 411 g/mol. The van der Waals surface area contributed by atoms with E-state index in [-0.39, 0.29) is 11.6 Å². The van der Waals surface area contributed by atoms with Crippen LogP contribution in [0.2, 0.25) is 0 Å². The third-order valence-electron chi connectivity index (χ3n) is 4.36. The van der Waals surface area contributed by atoms with Gasteiger partial charge in [0.25, 0.3) is 5.69 Å². The van der Waals surface area contributed by atoms with Gasteiger partial charge in [-0.1, -0.05) is 6.07 Å². The molecule has 0 atom stereocenters. The fraction of sp³-hybridized carbons (Fsp3) is 0.278. The minimum atomic E-state index is -4.65. The van der Waals surface area contributed by atoms with Crippen LogP contribution in [-0.2, 0) is 11.0 Å². The Balaban J connectivity index is 1.69. The van der Waals surface area contributed by atoms with E-state index in [2.05, 4.69) is 0 Å². The molecule has 0 spiro atoms. The van der Waals surface area contributed by atoms with Crippen LogP contribution in [0.25, 0.3) is 6.08 Å². The van der Waals surface area contributed by atoms with Crippen LogP contribution in [0.1, 0.15) is 10.4 Å². The van der Waals surface area contributed by atoms with Gasteiger partial charge in [0.15, 0.2) is 0 Å². The smallest absolute Gasteiger partial charge is 0.362 e. The zero-order valence-corrected chi connectivity index (χ0v) is 15.4. The lowest BCUT2D eigenvalue weighted by molar-refractivity contribution is -0.384. The van der Waals surface area contributed by atoms with Crippen molar-refractivity contribution in [3.63, 3.8) is 0 Å². The van der Waals surface area contributed by atoms with Gasteiger partial charge in [-0.05, 0) is 29.7 Å². The molecule has 1 aliphatic heterocycles. The predicted molar refractivity (Wildman–Crippen MR) is 100 cm³/mol. The third-order valence-corrected chi connectivity index (χ3v) is 5.20. The normalized spacial score (nSPS) is 15.2. The van der Waals surface area contributed by atoms with Crippen LogP contribution < -0.4 is 4.90 Å². The highest BCUT2D eigenvalue weighted by atomic mass is 32.1. The number of carbonyl (C=O) groups excluding carboxylic acids is 1. The van der Waals surface area contributed by atoms with Gasteiger partial charge >= 0.3 is 6.18 Å². The maximum atomic E-state index is 12.8. The Labute approximate surface area is 162 Å². The topological polar surface area (TPSA) is 66.7 Å². The summed E-state index contributed by atoms with van der Waals surface area (Å²) in [7, 11) is 0. The molecule has 1 amide bonds. The zero-order valence-electron chi connectivity index (χ0n) is 14.6. The van der Waals surface area contributed by atoms with Gasteiger partial charge in [0.2, 0.25) is 5.91 Å². The van der Waals surface area contributed by atoms with Gasteiger partial charge in [-0.25, -0.2) is 0 Å². The minimum absolute atomic E-state index is 0.124. The summed E-state index contributed by atoms with van der Waals surface area (Å²) in [4.78, 5) is 26.9. The summed E-state index contributed by atoms with van der Waals surface area (Å²) < 4.78 is 38.5. The number of benzene rings is 1. The summed E-state index contributed by atoms with van der Waals surface area (Å²) in [5.41, 5.74) is -1.53. The van der Waals surface area contributed by atoms with Crippen molar-refractivity contribution in [3.8, 4) is 0 Å². The molecule has 1 aromatic heterocycles. The van der Waals surface area contributed by atoms with E-state index in [4.69, 9.17) is 0 Å². The maximum absolute atomic E-state index is 12.8. The molecule has 2 heterocycles. The molecule has 1 fully saturated rings. The molecule has 3 rings (SSSR count). The van der Waals surface area contributed by atoms with Crippen molar-refractivity contribution >= 4 is 34.7 Å². The van der Waals surface area contributed by atoms with E-state index in [1.165, 1.54) is 17.4 Å². The molecule has 0 bridgehead atoms. The van der Waals surface area contributed by atoms with E-state index in [0.717, 1.165) is 17.0 Å². The Morgan fingerprint density at radius 3 is 2.46 bits per heavy atom. The number of thiophene rings is 1. The highest BCUT2D eigenvalue weighted by Gasteiger charge is 2.34.